The van der Waals surface area contributed by atoms with Gasteiger partial charge < -0.3 is 5.32 Å². The average molecular weight is 321 g/mol. The van der Waals surface area contributed by atoms with Crippen LogP contribution in [-0.2, 0) is 11.0 Å². The number of hydrogen-bond acceptors (Lipinski definition) is 2. The summed E-state index contributed by atoms with van der Waals surface area (Å²) >= 11 is 5.84. The van der Waals surface area contributed by atoms with Crippen LogP contribution in [0.1, 0.15) is 24.8 Å². The molecule has 0 radical (unpaired) electrons. The van der Waals surface area contributed by atoms with Gasteiger partial charge in [0.25, 0.3) is 0 Å². The summed E-state index contributed by atoms with van der Waals surface area (Å²) in [6.45, 7) is 1.85. The summed E-state index contributed by atoms with van der Waals surface area (Å²) in [5.41, 5.74) is -0.839. The lowest BCUT2D eigenvalue weighted by molar-refractivity contribution is -0.137. The molecule has 1 N–H and O–H groups in total. The van der Waals surface area contributed by atoms with E-state index in [1.807, 2.05) is 4.90 Å². The van der Waals surface area contributed by atoms with E-state index in [0.717, 1.165) is 50.6 Å². The lowest BCUT2D eigenvalue weighted by Gasteiger charge is -2.25. The van der Waals surface area contributed by atoms with Crippen LogP contribution in [0.15, 0.2) is 18.2 Å². The largest absolute Gasteiger partial charge is 0.416 e. The highest BCUT2D eigenvalue weighted by atomic mass is 35.5. The number of anilines is 1. The number of rotatable bonds is 3. The molecule has 1 aromatic rings. The Morgan fingerprint density at radius 3 is 2.52 bits per heavy atom. The van der Waals surface area contributed by atoms with E-state index in [2.05, 4.69) is 5.32 Å². The quantitative estimate of drug-likeness (QED) is 0.919. The molecule has 2 rings (SSSR count). The van der Waals surface area contributed by atoms with Gasteiger partial charge in [-0.25, -0.2) is 0 Å². The van der Waals surface area contributed by atoms with E-state index >= 15 is 0 Å². The molecule has 1 fully saturated rings. The maximum absolute atomic E-state index is 12.6. The molecule has 1 amide bonds. The molecule has 0 bridgehead atoms. The molecule has 1 heterocycles. The molecular weight excluding hydrogens is 305 g/mol. The van der Waals surface area contributed by atoms with Crippen LogP contribution in [0.4, 0.5) is 18.9 Å². The third kappa shape index (κ3) is 4.61. The minimum absolute atomic E-state index is 0.00602. The van der Waals surface area contributed by atoms with Gasteiger partial charge in [-0.15, -0.1) is 0 Å². The Labute approximate surface area is 126 Å². The monoisotopic (exact) mass is 320 g/mol. The van der Waals surface area contributed by atoms with Crippen LogP contribution >= 0.6 is 11.6 Å². The molecule has 7 heteroatoms. The Bertz CT molecular complexity index is 513. The number of amides is 1. The minimum atomic E-state index is -4.46. The lowest BCUT2D eigenvalue weighted by Crippen LogP contribution is -2.36. The van der Waals surface area contributed by atoms with Crippen molar-refractivity contribution in [2.75, 3.05) is 25.0 Å². The Kier molecular flexibility index (Phi) is 5.11. The maximum atomic E-state index is 12.6. The maximum Gasteiger partial charge on any atom is 0.416 e. The summed E-state index contributed by atoms with van der Waals surface area (Å²) in [6.07, 6.45) is -1.23. The fourth-order valence-electron chi connectivity index (χ4n) is 2.31. The lowest BCUT2D eigenvalue weighted by atomic mass is 10.1. The van der Waals surface area contributed by atoms with Gasteiger partial charge in [0.1, 0.15) is 0 Å². The molecule has 0 aliphatic carbocycles. The number of benzene rings is 1. The molecule has 1 saturated heterocycles. The van der Waals surface area contributed by atoms with E-state index in [-0.39, 0.29) is 23.2 Å². The van der Waals surface area contributed by atoms with Gasteiger partial charge in [0.05, 0.1) is 22.8 Å². The second-order valence-electron chi connectivity index (χ2n) is 5.08. The first-order valence-electron chi connectivity index (χ1n) is 6.75. The number of nitrogens with zero attached hydrogens (tertiary/aromatic N) is 1. The molecule has 0 spiro atoms. The van der Waals surface area contributed by atoms with Crippen LogP contribution in [0.2, 0.25) is 5.02 Å². The van der Waals surface area contributed by atoms with Crippen molar-refractivity contribution in [2.24, 2.45) is 0 Å². The topological polar surface area (TPSA) is 32.3 Å². The molecule has 3 nitrogen and oxygen atoms in total. The summed E-state index contributed by atoms with van der Waals surface area (Å²) in [6, 6.07) is 2.89. The van der Waals surface area contributed by atoms with Crippen molar-refractivity contribution < 1.29 is 18.0 Å². The Morgan fingerprint density at radius 1 is 1.24 bits per heavy atom. The zero-order valence-corrected chi connectivity index (χ0v) is 12.1. The molecule has 1 aliphatic rings. The fraction of sp³-hybridized carbons (Fsp3) is 0.500. The Balaban J connectivity index is 2.02. The third-order valence-corrected chi connectivity index (χ3v) is 3.71. The van der Waals surface area contributed by atoms with Crippen molar-refractivity contribution in [1.29, 1.82) is 0 Å². The number of carbonyl (C=O) groups is 1. The van der Waals surface area contributed by atoms with Crippen LogP contribution in [0.25, 0.3) is 0 Å². The number of alkyl halides is 3. The van der Waals surface area contributed by atoms with Gasteiger partial charge in [0, 0.05) is 0 Å². The third-order valence-electron chi connectivity index (χ3n) is 3.38. The summed E-state index contributed by atoms with van der Waals surface area (Å²) < 4.78 is 37.9. The van der Waals surface area contributed by atoms with Crippen LogP contribution in [0.3, 0.4) is 0 Å². The SMILES string of the molecule is O=C(CN1CCCCC1)Nc1cc(C(F)(F)F)ccc1Cl. The van der Waals surface area contributed by atoms with Gasteiger partial charge in [-0.1, -0.05) is 18.0 Å². The van der Waals surface area contributed by atoms with Crippen LogP contribution in [-0.4, -0.2) is 30.4 Å². The molecule has 0 unspecified atom stereocenters. The summed E-state index contributed by atoms with van der Waals surface area (Å²) in [5.74, 6) is -0.349. The summed E-state index contributed by atoms with van der Waals surface area (Å²) in [4.78, 5) is 13.9. The number of hydrogen-bond donors (Lipinski definition) is 1. The van der Waals surface area contributed by atoms with E-state index in [1.165, 1.54) is 0 Å². The van der Waals surface area contributed by atoms with Gasteiger partial charge in [-0.05, 0) is 44.1 Å². The Hall–Kier alpha value is -1.27. The first kappa shape index (κ1) is 16.1. The van der Waals surface area contributed by atoms with Crippen molar-refractivity contribution in [3.63, 3.8) is 0 Å². The summed E-state index contributed by atoms with van der Waals surface area (Å²) in [7, 11) is 0. The molecule has 0 saturated carbocycles. The molecular formula is C14H16ClF3N2O. The highest BCUT2D eigenvalue weighted by Gasteiger charge is 2.31. The first-order chi connectivity index (χ1) is 9.86. The number of likely N-dealkylation sites (tertiary alicyclic amines) is 1. The highest BCUT2D eigenvalue weighted by Crippen LogP contribution is 2.33. The predicted molar refractivity (Wildman–Crippen MR) is 75.4 cm³/mol. The van der Waals surface area contributed by atoms with E-state index in [1.54, 1.807) is 0 Å². The molecule has 0 aromatic heterocycles. The van der Waals surface area contributed by atoms with Crippen molar-refractivity contribution in [3.8, 4) is 0 Å². The van der Waals surface area contributed by atoms with Crippen molar-refractivity contribution in [3.05, 3.63) is 28.8 Å². The van der Waals surface area contributed by atoms with Crippen LogP contribution in [0, 0.1) is 0 Å². The Morgan fingerprint density at radius 2 is 1.90 bits per heavy atom. The van der Waals surface area contributed by atoms with E-state index < -0.39 is 11.7 Å². The van der Waals surface area contributed by atoms with Crippen LogP contribution in [0.5, 0.6) is 0 Å². The van der Waals surface area contributed by atoms with Gasteiger partial charge in [-0.3, -0.25) is 9.69 Å². The van der Waals surface area contributed by atoms with E-state index in [4.69, 9.17) is 11.6 Å². The molecule has 1 aliphatic heterocycles. The minimum Gasteiger partial charge on any atom is -0.324 e. The average Bonchev–Trinajstić information content (AvgIpc) is 2.41. The molecule has 116 valence electrons. The van der Waals surface area contributed by atoms with Gasteiger partial charge >= 0.3 is 6.18 Å². The summed E-state index contributed by atoms with van der Waals surface area (Å²) in [5, 5.41) is 2.55. The van der Waals surface area contributed by atoms with Gasteiger partial charge in [-0.2, -0.15) is 13.2 Å². The zero-order valence-electron chi connectivity index (χ0n) is 11.3. The smallest absolute Gasteiger partial charge is 0.324 e. The number of piperidine rings is 1. The second-order valence-corrected chi connectivity index (χ2v) is 5.48. The van der Waals surface area contributed by atoms with Gasteiger partial charge in [0.15, 0.2) is 0 Å². The molecule has 1 aromatic carbocycles. The fourth-order valence-corrected chi connectivity index (χ4v) is 2.47. The molecule has 21 heavy (non-hydrogen) atoms. The van der Waals surface area contributed by atoms with Crippen molar-refractivity contribution in [1.82, 2.24) is 4.90 Å². The standard InChI is InChI=1S/C14H16ClF3N2O/c15-11-5-4-10(14(16,17)18)8-12(11)19-13(21)9-20-6-2-1-3-7-20/h4-5,8H,1-3,6-7,9H2,(H,19,21). The zero-order chi connectivity index (χ0) is 15.5. The predicted octanol–water partition coefficient (Wildman–Crippen LogP) is 3.78. The first-order valence-corrected chi connectivity index (χ1v) is 7.13. The van der Waals surface area contributed by atoms with Crippen molar-refractivity contribution in [2.45, 2.75) is 25.4 Å². The second kappa shape index (κ2) is 6.66. The van der Waals surface area contributed by atoms with Crippen molar-refractivity contribution >= 4 is 23.2 Å². The number of nitrogens with one attached hydrogen (secondary N) is 1. The van der Waals surface area contributed by atoms with Crippen LogP contribution < -0.4 is 5.32 Å². The number of carbonyl (C=O) groups excluding carboxylic acids is 1. The van der Waals surface area contributed by atoms with Gasteiger partial charge in [0.2, 0.25) is 5.91 Å². The number of halogens is 4. The normalized spacial score (nSPS) is 16.8. The molecule has 0 atom stereocenters. The van der Waals surface area contributed by atoms with E-state index in [9.17, 15) is 18.0 Å². The highest BCUT2D eigenvalue weighted by molar-refractivity contribution is 6.33. The van der Waals surface area contributed by atoms with E-state index in [0.29, 0.717) is 0 Å².